The maximum Gasteiger partial charge on any atom is 0.237 e. The second kappa shape index (κ2) is 7.50. The fraction of sp³-hybridized carbons (Fsp3) is 0.211. The Kier molecular flexibility index (Phi) is 5.08. The molecule has 27 heavy (non-hydrogen) atoms. The van der Waals surface area contributed by atoms with Crippen LogP contribution in [-0.4, -0.2) is 33.3 Å². The summed E-state index contributed by atoms with van der Waals surface area (Å²) in [7, 11) is 1.79. The zero-order valence-corrected chi connectivity index (χ0v) is 17.2. The van der Waals surface area contributed by atoms with Crippen molar-refractivity contribution in [3.8, 4) is 0 Å². The molecule has 0 saturated carbocycles. The van der Waals surface area contributed by atoms with E-state index in [0.717, 1.165) is 43.0 Å². The Morgan fingerprint density at radius 1 is 1.22 bits per heavy atom. The van der Waals surface area contributed by atoms with E-state index in [1.54, 1.807) is 11.9 Å². The molecule has 138 valence electrons. The Labute approximate surface area is 170 Å². The van der Waals surface area contributed by atoms with Gasteiger partial charge in [0.1, 0.15) is 10.9 Å². The third-order valence-corrected chi connectivity index (χ3v) is 6.52. The molecule has 1 amide bonds. The summed E-state index contributed by atoms with van der Waals surface area (Å²) in [6.07, 6.45) is 0.765. The first-order valence-electron chi connectivity index (χ1n) is 8.49. The minimum absolute atomic E-state index is 0.0159. The van der Waals surface area contributed by atoms with Gasteiger partial charge in [0.2, 0.25) is 5.91 Å². The molecule has 4 rings (SSSR count). The summed E-state index contributed by atoms with van der Waals surface area (Å²) in [5.74, 6) is 1.19. The summed E-state index contributed by atoms with van der Waals surface area (Å²) in [4.78, 5) is 14.2. The fourth-order valence-electron chi connectivity index (χ4n) is 2.95. The van der Waals surface area contributed by atoms with Crippen LogP contribution in [0.3, 0.4) is 0 Å². The van der Waals surface area contributed by atoms with Gasteiger partial charge in [-0.05, 0) is 24.3 Å². The average Bonchev–Trinajstić information content (AvgIpc) is 3.22. The predicted molar refractivity (Wildman–Crippen MR) is 113 cm³/mol. The van der Waals surface area contributed by atoms with Crippen LogP contribution in [-0.2, 0) is 11.2 Å². The highest BCUT2D eigenvalue weighted by Gasteiger charge is 2.17. The number of hydrogen-bond acceptors (Lipinski definition) is 5. The first-order valence-corrected chi connectivity index (χ1v) is 10.7. The van der Waals surface area contributed by atoms with E-state index in [4.69, 9.17) is 11.6 Å². The van der Waals surface area contributed by atoms with Crippen molar-refractivity contribution < 1.29 is 4.79 Å². The topological polar surface area (TPSA) is 50.5 Å². The normalized spacial score (nSPS) is 11.4. The molecule has 0 unspecified atom stereocenters. The monoisotopic (exact) mass is 416 g/mol. The molecular weight excluding hydrogens is 400 g/mol. The molecule has 0 radical (unpaired) electrons. The average molecular weight is 417 g/mol. The van der Waals surface area contributed by atoms with Gasteiger partial charge in [-0.15, -0.1) is 21.5 Å². The molecule has 0 aliphatic carbocycles. The Morgan fingerprint density at radius 3 is 2.74 bits per heavy atom. The number of aromatic nitrogens is 3. The Morgan fingerprint density at radius 2 is 2.00 bits per heavy atom. The van der Waals surface area contributed by atoms with Crippen LogP contribution in [0, 0.1) is 0 Å². The molecule has 0 saturated heterocycles. The van der Waals surface area contributed by atoms with Crippen LogP contribution in [0.1, 0.15) is 12.7 Å². The van der Waals surface area contributed by atoms with Gasteiger partial charge in [0.25, 0.3) is 0 Å². The number of halogens is 1. The van der Waals surface area contributed by atoms with Crippen molar-refractivity contribution in [3.05, 3.63) is 52.6 Å². The number of anilines is 1. The Bertz CT molecular complexity index is 1120. The molecule has 0 aliphatic heterocycles. The van der Waals surface area contributed by atoms with E-state index < -0.39 is 0 Å². The lowest BCUT2D eigenvalue weighted by molar-refractivity contribution is -0.115. The summed E-state index contributed by atoms with van der Waals surface area (Å²) in [5.41, 5.74) is 2.89. The van der Waals surface area contributed by atoms with Gasteiger partial charge in [0.05, 0.1) is 25.8 Å². The third kappa shape index (κ3) is 3.42. The number of para-hydroxylation sites is 1. The number of nitrogens with zero attached hydrogens (tertiary/aromatic N) is 4. The maximum atomic E-state index is 12.6. The highest BCUT2D eigenvalue weighted by Crippen LogP contribution is 2.35. The SMILES string of the molecule is CCc1nnc(SCC(=O)N(C)c2ccccc2)c2cc3sc(Cl)cc3n12. The van der Waals surface area contributed by atoms with Crippen molar-refractivity contribution in [2.45, 2.75) is 18.4 Å². The van der Waals surface area contributed by atoms with Gasteiger partial charge >= 0.3 is 0 Å². The molecule has 4 aromatic rings. The zero-order valence-electron chi connectivity index (χ0n) is 14.8. The standard InChI is InChI=1S/C19H17ClN4OS2/c1-3-17-21-22-19(14-9-15-13(24(14)17)10-16(20)27-15)26-11-18(25)23(2)12-7-5-4-6-8-12/h4-10H,3,11H2,1-2H3. The van der Waals surface area contributed by atoms with Gasteiger partial charge in [-0.2, -0.15) is 0 Å². The summed E-state index contributed by atoms with van der Waals surface area (Å²) >= 11 is 9.12. The van der Waals surface area contributed by atoms with Crippen molar-refractivity contribution in [2.75, 3.05) is 17.7 Å². The molecular formula is C19H17ClN4OS2. The van der Waals surface area contributed by atoms with Crippen LogP contribution in [0.2, 0.25) is 4.34 Å². The van der Waals surface area contributed by atoms with Crippen molar-refractivity contribution >= 4 is 62.0 Å². The molecule has 3 aromatic heterocycles. The van der Waals surface area contributed by atoms with Gasteiger partial charge in [0, 0.05) is 19.2 Å². The highest BCUT2D eigenvalue weighted by molar-refractivity contribution is 8.00. The zero-order chi connectivity index (χ0) is 19.0. The summed E-state index contributed by atoms with van der Waals surface area (Å²) in [5, 5.41) is 9.49. The largest absolute Gasteiger partial charge is 0.315 e. The maximum absolute atomic E-state index is 12.6. The molecule has 0 fully saturated rings. The quantitative estimate of drug-likeness (QED) is 0.433. The molecule has 0 aliphatic rings. The molecule has 0 atom stereocenters. The Balaban J connectivity index is 1.62. The second-order valence-corrected chi connectivity index (χ2v) is 8.70. The number of hydrogen-bond donors (Lipinski definition) is 0. The molecule has 8 heteroatoms. The second-order valence-electron chi connectivity index (χ2n) is 6.02. The van der Waals surface area contributed by atoms with Crippen molar-refractivity contribution in [1.82, 2.24) is 14.6 Å². The lowest BCUT2D eigenvalue weighted by Crippen LogP contribution is -2.27. The molecule has 5 nitrogen and oxygen atoms in total. The minimum atomic E-state index is 0.0159. The van der Waals surface area contributed by atoms with E-state index in [-0.39, 0.29) is 5.91 Å². The lowest BCUT2D eigenvalue weighted by atomic mass is 10.3. The first kappa shape index (κ1) is 18.3. The van der Waals surface area contributed by atoms with Crippen LogP contribution in [0.4, 0.5) is 5.69 Å². The Hall–Kier alpha value is -2.09. The number of fused-ring (bicyclic) bond motifs is 3. The van der Waals surface area contributed by atoms with E-state index in [1.165, 1.54) is 23.1 Å². The number of aryl methyl sites for hydroxylation is 1. The molecule has 0 spiro atoms. The molecule has 0 bridgehead atoms. The molecule has 0 N–H and O–H groups in total. The van der Waals surface area contributed by atoms with E-state index in [2.05, 4.69) is 27.6 Å². The van der Waals surface area contributed by atoms with Gasteiger partial charge in [-0.25, -0.2) is 0 Å². The third-order valence-electron chi connectivity index (χ3n) is 4.36. The van der Waals surface area contributed by atoms with Crippen LogP contribution < -0.4 is 4.90 Å². The highest BCUT2D eigenvalue weighted by atomic mass is 35.5. The van der Waals surface area contributed by atoms with E-state index in [1.807, 2.05) is 36.4 Å². The smallest absolute Gasteiger partial charge is 0.237 e. The van der Waals surface area contributed by atoms with Crippen LogP contribution >= 0.6 is 34.7 Å². The van der Waals surface area contributed by atoms with Crippen LogP contribution in [0.15, 0.2) is 47.5 Å². The van der Waals surface area contributed by atoms with Crippen LogP contribution in [0.25, 0.3) is 15.7 Å². The minimum Gasteiger partial charge on any atom is -0.315 e. The predicted octanol–water partition coefficient (Wildman–Crippen LogP) is 4.91. The van der Waals surface area contributed by atoms with E-state index in [9.17, 15) is 4.79 Å². The summed E-state index contributed by atoms with van der Waals surface area (Å²) in [6, 6.07) is 13.6. The van der Waals surface area contributed by atoms with E-state index >= 15 is 0 Å². The molecule has 1 aromatic carbocycles. The number of carbonyl (C=O) groups is 1. The van der Waals surface area contributed by atoms with Crippen molar-refractivity contribution in [3.63, 3.8) is 0 Å². The van der Waals surface area contributed by atoms with Gasteiger partial charge in [-0.1, -0.05) is 48.5 Å². The van der Waals surface area contributed by atoms with Gasteiger partial charge < -0.3 is 4.90 Å². The number of benzene rings is 1. The number of rotatable bonds is 5. The number of thioether (sulfide) groups is 1. The summed E-state index contributed by atoms with van der Waals surface area (Å²) < 4.78 is 3.94. The fourth-order valence-corrected chi connectivity index (χ4v) is 4.96. The number of thiophene rings is 1. The van der Waals surface area contributed by atoms with E-state index in [0.29, 0.717) is 5.75 Å². The number of carbonyl (C=O) groups excluding carboxylic acids is 1. The first-order chi connectivity index (χ1) is 13.1. The number of amides is 1. The van der Waals surface area contributed by atoms with Gasteiger partial charge in [-0.3, -0.25) is 9.20 Å². The van der Waals surface area contributed by atoms with Crippen LogP contribution in [0.5, 0.6) is 0 Å². The van der Waals surface area contributed by atoms with Gasteiger partial charge in [0.15, 0.2) is 0 Å². The van der Waals surface area contributed by atoms with Crippen molar-refractivity contribution in [1.29, 1.82) is 0 Å². The lowest BCUT2D eigenvalue weighted by Gasteiger charge is -2.17. The summed E-state index contributed by atoms with van der Waals surface area (Å²) in [6.45, 7) is 2.05. The molecule has 3 heterocycles. The van der Waals surface area contributed by atoms with Crippen molar-refractivity contribution in [2.24, 2.45) is 0 Å².